The maximum atomic E-state index is 13.1. The van der Waals surface area contributed by atoms with Crippen molar-refractivity contribution in [2.75, 3.05) is 26.3 Å². The number of benzene rings is 1. The molecule has 2 amide bonds. The minimum absolute atomic E-state index is 0.0594. The lowest BCUT2D eigenvalue weighted by Gasteiger charge is -2.59. The van der Waals surface area contributed by atoms with Crippen molar-refractivity contribution in [1.82, 2.24) is 10.2 Å². The van der Waals surface area contributed by atoms with Crippen molar-refractivity contribution in [3.8, 4) is 0 Å². The summed E-state index contributed by atoms with van der Waals surface area (Å²) in [6.45, 7) is 3.07. The Kier molecular flexibility index (Phi) is 5.29. The average molecular weight is 399 g/mol. The summed E-state index contributed by atoms with van der Waals surface area (Å²) in [6, 6.07) is 10.7. The second-order valence-electron chi connectivity index (χ2n) is 9.62. The van der Waals surface area contributed by atoms with Crippen LogP contribution in [0, 0.1) is 5.41 Å². The Labute approximate surface area is 174 Å². The molecule has 0 aromatic heterocycles. The Hall–Kier alpha value is -1.59. The summed E-state index contributed by atoms with van der Waals surface area (Å²) in [5, 5.41) is 3.20. The van der Waals surface area contributed by atoms with E-state index >= 15 is 0 Å². The molecule has 2 unspecified atom stereocenters. The fourth-order valence-electron chi connectivity index (χ4n) is 6.21. The third kappa shape index (κ3) is 3.68. The zero-order chi connectivity index (χ0) is 19.7. The molecule has 4 fully saturated rings. The predicted molar refractivity (Wildman–Crippen MR) is 112 cm³/mol. The number of carbonyl (C=O) groups excluding carboxylic acids is 1. The number of amides is 2. The van der Waals surface area contributed by atoms with E-state index in [2.05, 4.69) is 29.6 Å². The van der Waals surface area contributed by atoms with E-state index in [1.165, 1.54) is 37.7 Å². The average Bonchev–Trinajstić information content (AvgIpc) is 3.14. The summed E-state index contributed by atoms with van der Waals surface area (Å²) in [4.78, 5) is 15.1. The molecule has 2 spiro atoms. The molecule has 4 aliphatic rings. The molecule has 0 bridgehead atoms. The van der Waals surface area contributed by atoms with Crippen LogP contribution in [0.2, 0.25) is 0 Å². The van der Waals surface area contributed by atoms with Gasteiger partial charge in [-0.05, 0) is 44.1 Å². The summed E-state index contributed by atoms with van der Waals surface area (Å²) in [6.07, 6.45) is 10.8. The Morgan fingerprint density at radius 3 is 2.55 bits per heavy atom. The zero-order valence-electron chi connectivity index (χ0n) is 17.4. The van der Waals surface area contributed by atoms with Crippen LogP contribution in [0.3, 0.4) is 0 Å². The Bertz CT molecular complexity index is 710. The number of ether oxygens (including phenoxy) is 2. The molecule has 1 aromatic carbocycles. The van der Waals surface area contributed by atoms with E-state index in [9.17, 15) is 4.79 Å². The van der Waals surface area contributed by atoms with Crippen molar-refractivity contribution in [1.29, 1.82) is 0 Å². The molecule has 1 aliphatic carbocycles. The van der Waals surface area contributed by atoms with Crippen LogP contribution in [0.25, 0.3) is 0 Å². The van der Waals surface area contributed by atoms with Gasteiger partial charge >= 0.3 is 6.03 Å². The number of likely N-dealkylation sites (tertiary alicyclic amines) is 1. The van der Waals surface area contributed by atoms with Gasteiger partial charge in [-0.1, -0.05) is 49.6 Å². The molecule has 0 radical (unpaired) electrons. The SMILES string of the molecule is O=C(NCC1CCC2(CCCCC2)O1)N1CC2(CCOCC2)C1c1ccccc1. The number of nitrogens with zero attached hydrogens (tertiary/aromatic N) is 1. The first-order valence-corrected chi connectivity index (χ1v) is 11.5. The van der Waals surface area contributed by atoms with E-state index in [-0.39, 0.29) is 29.2 Å². The molecule has 1 saturated carbocycles. The van der Waals surface area contributed by atoms with Crippen molar-refractivity contribution in [2.45, 2.75) is 75.5 Å². The van der Waals surface area contributed by atoms with E-state index in [4.69, 9.17) is 9.47 Å². The van der Waals surface area contributed by atoms with E-state index in [1.807, 2.05) is 11.0 Å². The Balaban J connectivity index is 1.21. The highest BCUT2D eigenvalue weighted by molar-refractivity contribution is 5.76. The zero-order valence-corrected chi connectivity index (χ0v) is 17.4. The lowest BCUT2D eigenvalue weighted by molar-refractivity contribution is -0.112. The molecular formula is C24H34N2O3. The Morgan fingerprint density at radius 2 is 1.79 bits per heavy atom. The lowest BCUT2D eigenvalue weighted by Crippen LogP contribution is -2.64. The Morgan fingerprint density at radius 1 is 1.03 bits per heavy atom. The quantitative estimate of drug-likeness (QED) is 0.819. The summed E-state index contributed by atoms with van der Waals surface area (Å²) < 4.78 is 12.1. The number of hydrogen-bond acceptors (Lipinski definition) is 3. The van der Waals surface area contributed by atoms with Gasteiger partial charge in [-0.25, -0.2) is 4.79 Å². The minimum atomic E-state index is 0.0594. The molecule has 5 nitrogen and oxygen atoms in total. The van der Waals surface area contributed by atoms with Crippen LogP contribution in [0.5, 0.6) is 0 Å². The van der Waals surface area contributed by atoms with Crippen LogP contribution in [-0.4, -0.2) is 48.9 Å². The highest BCUT2D eigenvalue weighted by Gasteiger charge is 2.55. The third-order valence-electron chi connectivity index (χ3n) is 7.83. The number of carbonyl (C=O) groups is 1. The maximum absolute atomic E-state index is 13.1. The second kappa shape index (κ2) is 7.92. The van der Waals surface area contributed by atoms with Crippen LogP contribution in [0.4, 0.5) is 4.79 Å². The summed E-state index contributed by atoms with van der Waals surface area (Å²) in [7, 11) is 0. The highest BCUT2D eigenvalue weighted by atomic mass is 16.5. The van der Waals surface area contributed by atoms with Gasteiger partial charge in [-0.15, -0.1) is 0 Å². The van der Waals surface area contributed by atoms with Crippen molar-refractivity contribution in [2.24, 2.45) is 5.41 Å². The van der Waals surface area contributed by atoms with Gasteiger partial charge in [0.05, 0.1) is 17.7 Å². The van der Waals surface area contributed by atoms with Crippen LogP contribution in [0.1, 0.15) is 69.4 Å². The van der Waals surface area contributed by atoms with Crippen LogP contribution in [-0.2, 0) is 9.47 Å². The first-order valence-electron chi connectivity index (χ1n) is 11.5. The number of nitrogens with one attached hydrogen (secondary N) is 1. The molecule has 158 valence electrons. The van der Waals surface area contributed by atoms with Crippen LogP contribution >= 0.6 is 0 Å². The van der Waals surface area contributed by atoms with Gasteiger partial charge in [0.2, 0.25) is 0 Å². The first-order chi connectivity index (χ1) is 14.2. The molecule has 5 rings (SSSR count). The van der Waals surface area contributed by atoms with Gasteiger partial charge in [-0.3, -0.25) is 0 Å². The van der Waals surface area contributed by atoms with Gasteiger partial charge in [0.15, 0.2) is 0 Å². The van der Waals surface area contributed by atoms with Crippen molar-refractivity contribution < 1.29 is 14.3 Å². The molecule has 1 aromatic rings. The predicted octanol–water partition coefficient (Wildman–Crippen LogP) is 4.43. The fraction of sp³-hybridized carbons (Fsp3) is 0.708. The van der Waals surface area contributed by atoms with Gasteiger partial charge in [0.25, 0.3) is 0 Å². The van der Waals surface area contributed by atoms with E-state index < -0.39 is 0 Å². The minimum Gasteiger partial charge on any atom is -0.381 e. The number of hydrogen-bond donors (Lipinski definition) is 1. The van der Waals surface area contributed by atoms with E-state index in [1.54, 1.807) is 0 Å². The molecule has 3 aliphatic heterocycles. The third-order valence-corrected chi connectivity index (χ3v) is 7.83. The number of urea groups is 1. The lowest BCUT2D eigenvalue weighted by atomic mass is 9.64. The number of rotatable bonds is 3. The van der Waals surface area contributed by atoms with Crippen LogP contribution < -0.4 is 5.32 Å². The topological polar surface area (TPSA) is 50.8 Å². The highest BCUT2D eigenvalue weighted by Crippen LogP contribution is 2.54. The normalized spacial score (nSPS) is 30.3. The molecular weight excluding hydrogens is 364 g/mol. The molecule has 5 heteroatoms. The summed E-state index contributed by atoms with van der Waals surface area (Å²) >= 11 is 0. The van der Waals surface area contributed by atoms with Gasteiger partial charge in [0, 0.05) is 31.7 Å². The molecule has 2 atom stereocenters. The fourth-order valence-corrected chi connectivity index (χ4v) is 6.21. The van der Waals surface area contributed by atoms with E-state index in [0.717, 1.165) is 45.4 Å². The second-order valence-corrected chi connectivity index (χ2v) is 9.62. The first kappa shape index (κ1) is 19.4. The van der Waals surface area contributed by atoms with E-state index in [0.29, 0.717) is 6.54 Å². The van der Waals surface area contributed by atoms with Gasteiger partial charge < -0.3 is 19.7 Å². The largest absolute Gasteiger partial charge is 0.381 e. The monoisotopic (exact) mass is 398 g/mol. The summed E-state index contributed by atoms with van der Waals surface area (Å²) in [5.41, 5.74) is 1.53. The van der Waals surface area contributed by atoms with Crippen molar-refractivity contribution in [3.63, 3.8) is 0 Å². The molecule has 1 N–H and O–H groups in total. The van der Waals surface area contributed by atoms with Crippen molar-refractivity contribution >= 4 is 6.03 Å². The van der Waals surface area contributed by atoms with Crippen LogP contribution in [0.15, 0.2) is 30.3 Å². The van der Waals surface area contributed by atoms with Gasteiger partial charge in [0.1, 0.15) is 0 Å². The van der Waals surface area contributed by atoms with Gasteiger partial charge in [-0.2, -0.15) is 0 Å². The maximum Gasteiger partial charge on any atom is 0.318 e. The molecule has 3 saturated heterocycles. The van der Waals surface area contributed by atoms with Crippen molar-refractivity contribution in [3.05, 3.63) is 35.9 Å². The summed E-state index contributed by atoms with van der Waals surface area (Å²) in [5.74, 6) is 0. The standard InChI is InChI=1S/C24H34N2O3/c27-22(25-17-20-9-12-24(29-20)10-5-2-6-11-24)26-18-23(13-15-28-16-14-23)21(26)19-7-3-1-4-8-19/h1,3-4,7-8,20-21H,2,5-6,9-18H2,(H,25,27). The smallest absolute Gasteiger partial charge is 0.318 e. The molecule has 3 heterocycles. The molecule has 29 heavy (non-hydrogen) atoms.